The molecule has 0 radical (unpaired) electrons. The quantitative estimate of drug-likeness (QED) is 0.845. The third-order valence-electron chi connectivity index (χ3n) is 2.33. The number of aldehydes is 1. The van der Waals surface area contributed by atoms with Crippen LogP contribution < -0.4 is 0 Å². The van der Waals surface area contributed by atoms with Crippen LogP contribution in [0.2, 0.25) is 0 Å². The normalized spacial score (nSPS) is 10.2. The van der Waals surface area contributed by atoms with Gasteiger partial charge in [0.2, 0.25) is 0 Å². The zero-order valence-electron chi connectivity index (χ0n) is 8.30. The van der Waals surface area contributed by atoms with Crippen molar-refractivity contribution >= 4 is 22.2 Å². The molecular weight excluding hydrogens is 244 g/mol. The molecule has 0 bridgehead atoms. The second-order valence-electron chi connectivity index (χ2n) is 3.33. The first-order chi connectivity index (χ1) is 6.57. The first-order valence-corrected chi connectivity index (χ1v) is 5.28. The molecule has 3 heteroatoms. The van der Waals surface area contributed by atoms with E-state index >= 15 is 0 Å². The molecular formula is C11H13BrO2. The predicted octanol–water partition coefficient (Wildman–Crippen LogP) is 2.90. The highest BCUT2D eigenvalue weighted by molar-refractivity contribution is 9.10. The zero-order valence-corrected chi connectivity index (χ0v) is 9.89. The van der Waals surface area contributed by atoms with Crippen molar-refractivity contribution in [2.45, 2.75) is 26.7 Å². The molecule has 2 nitrogen and oxygen atoms in total. The van der Waals surface area contributed by atoms with Gasteiger partial charge in [-0.3, -0.25) is 0 Å². The second kappa shape index (κ2) is 4.60. The average Bonchev–Trinajstić information content (AvgIpc) is 2.14. The summed E-state index contributed by atoms with van der Waals surface area (Å²) in [5, 5.41) is 9.84. The lowest BCUT2D eigenvalue weighted by atomic mass is 10.00. The van der Waals surface area contributed by atoms with Gasteiger partial charge in [0.1, 0.15) is 12.0 Å². The highest BCUT2D eigenvalue weighted by Crippen LogP contribution is 2.32. The molecule has 76 valence electrons. The van der Waals surface area contributed by atoms with Crippen molar-refractivity contribution in [2.75, 3.05) is 0 Å². The van der Waals surface area contributed by atoms with Gasteiger partial charge in [-0.1, -0.05) is 15.9 Å². The Bertz CT molecular complexity index is 359. The van der Waals surface area contributed by atoms with E-state index in [4.69, 9.17) is 0 Å². The number of phenols is 1. The molecule has 0 fully saturated rings. The van der Waals surface area contributed by atoms with Crippen LogP contribution in [0.5, 0.6) is 5.75 Å². The molecule has 0 atom stereocenters. The lowest BCUT2D eigenvalue weighted by Gasteiger charge is -2.11. The monoisotopic (exact) mass is 256 g/mol. The van der Waals surface area contributed by atoms with E-state index in [1.165, 1.54) is 0 Å². The smallest absolute Gasteiger partial charge is 0.123 e. The summed E-state index contributed by atoms with van der Waals surface area (Å²) >= 11 is 3.37. The molecule has 1 rings (SSSR count). The average molecular weight is 257 g/mol. The second-order valence-corrected chi connectivity index (χ2v) is 4.19. The van der Waals surface area contributed by atoms with E-state index in [0.717, 1.165) is 27.4 Å². The van der Waals surface area contributed by atoms with Crippen LogP contribution in [-0.4, -0.2) is 11.4 Å². The van der Waals surface area contributed by atoms with Crippen LogP contribution in [0.1, 0.15) is 23.1 Å². The Hall–Kier alpha value is -0.830. The fraction of sp³-hybridized carbons (Fsp3) is 0.364. The van der Waals surface area contributed by atoms with Gasteiger partial charge in [0.25, 0.3) is 0 Å². The Morgan fingerprint density at radius 2 is 2.14 bits per heavy atom. The van der Waals surface area contributed by atoms with Crippen molar-refractivity contribution in [1.29, 1.82) is 0 Å². The summed E-state index contributed by atoms with van der Waals surface area (Å²) in [6.45, 7) is 3.79. The van der Waals surface area contributed by atoms with Gasteiger partial charge in [-0.05, 0) is 37.5 Å². The summed E-state index contributed by atoms with van der Waals surface area (Å²) in [6, 6.07) is 1.97. The van der Waals surface area contributed by atoms with Crippen LogP contribution in [0, 0.1) is 13.8 Å². The lowest BCUT2D eigenvalue weighted by Crippen LogP contribution is -1.94. The van der Waals surface area contributed by atoms with Crippen LogP contribution >= 0.6 is 15.9 Å². The molecule has 0 aliphatic carbocycles. The van der Waals surface area contributed by atoms with Crippen molar-refractivity contribution < 1.29 is 9.90 Å². The largest absolute Gasteiger partial charge is 0.507 e. The SMILES string of the molecule is Cc1cc(Br)c(C)c(O)c1CCC=O. The number of phenolic OH excluding ortho intramolecular Hbond substituents is 1. The minimum Gasteiger partial charge on any atom is -0.507 e. The lowest BCUT2D eigenvalue weighted by molar-refractivity contribution is -0.107. The van der Waals surface area contributed by atoms with Crippen LogP contribution in [0.3, 0.4) is 0 Å². The Labute approximate surface area is 92.1 Å². The predicted molar refractivity (Wildman–Crippen MR) is 59.7 cm³/mol. The van der Waals surface area contributed by atoms with Crippen LogP contribution in [0.4, 0.5) is 0 Å². The molecule has 1 aromatic carbocycles. The maximum atomic E-state index is 10.3. The number of hydrogen-bond donors (Lipinski definition) is 1. The minimum absolute atomic E-state index is 0.304. The highest BCUT2D eigenvalue weighted by atomic mass is 79.9. The number of aryl methyl sites for hydroxylation is 1. The number of hydrogen-bond acceptors (Lipinski definition) is 2. The molecule has 0 aliphatic heterocycles. The van der Waals surface area contributed by atoms with E-state index in [9.17, 15) is 9.90 Å². The third kappa shape index (κ3) is 2.15. The van der Waals surface area contributed by atoms with Crippen LogP contribution in [-0.2, 0) is 11.2 Å². The minimum atomic E-state index is 0.304. The van der Waals surface area contributed by atoms with E-state index < -0.39 is 0 Å². The van der Waals surface area contributed by atoms with Crippen LogP contribution in [0.15, 0.2) is 10.5 Å². The molecule has 0 heterocycles. The summed E-state index contributed by atoms with van der Waals surface area (Å²) in [4.78, 5) is 10.3. The maximum absolute atomic E-state index is 10.3. The summed E-state index contributed by atoms with van der Waals surface area (Å²) in [6.07, 6.45) is 1.93. The number of carbonyl (C=O) groups excluding carboxylic acids is 1. The Morgan fingerprint density at radius 3 is 2.71 bits per heavy atom. The first kappa shape index (κ1) is 11.2. The summed E-state index contributed by atoms with van der Waals surface area (Å²) < 4.78 is 0.905. The van der Waals surface area contributed by atoms with Gasteiger partial charge in [-0.15, -0.1) is 0 Å². The number of rotatable bonds is 3. The van der Waals surface area contributed by atoms with Crippen molar-refractivity contribution in [2.24, 2.45) is 0 Å². The fourth-order valence-electron chi connectivity index (χ4n) is 1.43. The van der Waals surface area contributed by atoms with Crippen molar-refractivity contribution in [3.05, 3.63) is 27.2 Å². The highest BCUT2D eigenvalue weighted by Gasteiger charge is 2.10. The van der Waals surface area contributed by atoms with Crippen molar-refractivity contribution in [1.82, 2.24) is 0 Å². The fourth-order valence-corrected chi connectivity index (χ4v) is 1.96. The molecule has 14 heavy (non-hydrogen) atoms. The molecule has 0 spiro atoms. The molecule has 1 aromatic rings. The van der Waals surface area contributed by atoms with Gasteiger partial charge >= 0.3 is 0 Å². The van der Waals surface area contributed by atoms with Gasteiger partial charge < -0.3 is 9.90 Å². The zero-order chi connectivity index (χ0) is 10.7. The molecule has 1 N–H and O–H groups in total. The van der Waals surface area contributed by atoms with Gasteiger partial charge in [-0.25, -0.2) is 0 Å². The number of carbonyl (C=O) groups is 1. The Kier molecular flexibility index (Phi) is 3.69. The molecule has 0 saturated heterocycles. The van der Waals surface area contributed by atoms with E-state index in [1.54, 1.807) is 0 Å². The maximum Gasteiger partial charge on any atom is 0.123 e. The number of aromatic hydroxyl groups is 1. The first-order valence-electron chi connectivity index (χ1n) is 4.49. The topological polar surface area (TPSA) is 37.3 Å². The summed E-state index contributed by atoms with van der Waals surface area (Å²) in [5.74, 6) is 0.304. The number of halogens is 1. The van der Waals surface area contributed by atoms with E-state index in [-0.39, 0.29) is 0 Å². The Morgan fingerprint density at radius 1 is 1.50 bits per heavy atom. The third-order valence-corrected chi connectivity index (χ3v) is 3.15. The van der Waals surface area contributed by atoms with Gasteiger partial charge in [0.15, 0.2) is 0 Å². The van der Waals surface area contributed by atoms with Gasteiger partial charge in [-0.2, -0.15) is 0 Å². The Balaban J connectivity index is 3.15. The molecule has 0 unspecified atom stereocenters. The molecule has 0 saturated carbocycles. The van der Waals surface area contributed by atoms with E-state index in [2.05, 4.69) is 15.9 Å². The molecule has 0 aliphatic rings. The van der Waals surface area contributed by atoms with Crippen LogP contribution in [0.25, 0.3) is 0 Å². The van der Waals surface area contributed by atoms with Crippen molar-refractivity contribution in [3.8, 4) is 5.75 Å². The van der Waals surface area contributed by atoms with E-state index in [1.807, 2.05) is 19.9 Å². The van der Waals surface area contributed by atoms with Gasteiger partial charge in [0.05, 0.1) is 0 Å². The van der Waals surface area contributed by atoms with Gasteiger partial charge in [0, 0.05) is 16.5 Å². The van der Waals surface area contributed by atoms with E-state index in [0.29, 0.717) is 18.6 Å². The molecule has 0 amide bonds. The summed E-state index contributed by atoms with van der Waals surface area (Å²) in [5.41, 5.74) is 2.72. The molecule has 0 aromatic heterocycles. The van der Waals surface area contributed by atoms with Crippen molar-refractivity contribution in [3.63, 3.8) is 0 Å². The standard InChI is InChI=1S/C11H13BrO2/c1-7-6-10(12)8(2)11(14)9(7)4-3-5-13/h5-6,14H,3-4H2,1-2H3. The number of benzene rings is 1. The summed E-state index contributed by atoms with van der Waals surface area (Å²) in [7, 11) is 0.